The number of halogens is 3. The van der Waals surface area contributed by atoms with E-state index in [0.717, 1.165) is 11.9 Å². The molecule has 13 heavy (non-hydrogen) atoms. The number of alkyl halides is 3. The Morgan fingerprint density at radius 1 is 1.31 bits per heavy atom. The molecule has 1 heterocycles. The van der Waals surface area contributed by atoms with Crippen molar-refractivity contribution in [1.29, 1.82) is 0 Å². The van der Waals surface area contributed by atoms with Gasteiger partial charge in [0.05, 0.1) is 5.57 Å². The first kappa shape index (κ1) is 10.3. The SMILES string of the molecule is CC(C)C1=NC=C(C(F)(F)F)CC1. The standard InChI is InChI=1S/C9H12F3N/c1-6(2)8-4-3-7(5-13-8)9(10,11)12/h5-6H,3-4H2,1-2H3. The summed E-state index contributed by atoms with van der Waals surface area (Å²) in [4.78, 5) is 3.81. The maximum absolute atomic E-state index is 12.1. The molecule has 0 aromatic heterocycles. The summed E-state index contributed by atoms with van der Waals surface area (Å²) in [7, 11) is 0. The monoisotopic (exact) mass is 191 g/mol. The van der Waals surface area contributed by atoms with Crippen LogP contribution in [0.2, 0.25) is 0 Å². The summed E-state index contributed by atoms with van der Waals surface area (Å²) in [5.74, 6) is 0.242. The number of nitrogens with zero attached hydrogens (tertiary/aromatic N) is 1. The fourth-order valence-electron chi connectivity index (χ4n) is 1.21. The Morgan fingerprint density at radius 2 is 1.92 bits per heavy atom. The lowest BCUT2D eigenvalue weighted by Crippen LogP contribution is -2.18. The Labute approximate surface area is 75.4 Å². The summed E-state index contributed by atoms with van der Waals surface area (Å²) in [6.45, 7) is 3.87. The van der Waals surface area contributed by atoms with Crippen LogP contribution in [-0.2, 0) is 0 Å². The molecule has 74 valence electrons. The maximum atomic E-state index is 12.1. The number of hydrogen-bond donors (Lipinski definition) is 0. The van der Waals surface area contributed by atoms with Crippen molar-refractivity contribution in [3.63, 3.8) is 0 Å². The highest BCUT2D eigenvalue weighted by Gasteiger charge is 2.34. The van der Waals surface area contributed by atoms with Crippen molar-refractivity contribution >= 4 is 5.71 Å². The summed E-state index contributed by atoms with van der Waals surface area (Å²) in [5.41, 5.74) is 0.338. The molecule has 0 saturated heterocycles. The second-order valence-electron chi connectivity index (χ2n) is 3.43. The highest BCUT2D eigenvalue weighted by molar-refractivity contribution is 5.87. The number of allylic oxidation sites excluding steroid dienone is 1. The van der Waals surface area contributed by atoms with Crippen LogP contribution in [-0.4, -0.2) is 11.9 Å². The van der Waals surface area contributed by atoms with Crippen molar-refractivity contribution in [1.82, 2.24) is 0 Å². The number of hydrogen-bond acceptors (Lipinski definition) is 1. The fourth-order valence-corrected chi connectivity index (χ4v) is 1.21. The Kier molecular flexibility index (Phi) is 2.78. The molecule has 0 fully saturated rings. The van der Waals surface area contributed by atoms with Gasteiger partial charge in [-0.25, -0.2) is 0 Å². The van der Waals surface area contributed by atoms with Gasteiger partial charge in [0, 0.05) is 11.9 Å². The Morgan fingerprint density at radius 3 is 2.23 bits per heavy atom. The van der Waals surface area contributed by atoms with E-state index in [1.165, 1.54) is 0 Å². The molecule has 0 atom stereocenters. The Bertz CT molecular complexity index is 248. The molecule has 4 heteroatoms. The first-order valence-electron chi connectivity index (χ1n) is 4.24. The van der Waals surface area contributed by atoms with Crippen molar-refractivity contribution in [2.75, 3.05) is 0 Å². The van der Waals surface area contributed by atoms with Gasteiger partial charge in [-0.1, -0.05) is 13.8 Å². The van der Waals surface area contributed by atoms with Crippen molar-refractivity contribution in [3.8, 4) is 0 Å². The van der Waals surface area contributed by atoms with Crippen molar-refractivity contribution in [2.45, 2.75) is 32.9 Å². The molecule has 1 aliphatic heterocycles. The largest absolute Gasteiger partial charge is 0.414 e. The van der Waals surface area contributed by atoms with Gasteiger partial charge in [0.15, 0.2) is 0 Å². The second kappa shape index (κ2) is 3.52. The van der Waals surface area contributed by atoms with Crippen LogP contribution in [0.25, 0.3) is 0 Å². The zero-order chi connectivity index (χ0) is 10.1. The Balaban J connectivity index is 2.77. The summed E-state index contributed by atoms with van der Waals surface area (Å²) in [6.07, 6.45) is -2.74. The summed E-state index contributed by atoms with van der Waals surface area (Å²) >= 11 is 0. The van der Waals surface area contributed by atoms with E-state index in [0.29, 0.717) is 6.42 Å². The van der Waals surface area contributed by atoms with Crippen LogP contribution in [0.15, 0.2) is 16.8 Å². The molecule has 0 aliphatic carbocycles. The van der Waals surface area contributed by atoms with Crippen LogP contribution in [0.5, 0.6) is 0 Å². The average Bonchev–Trinajstić information content (AvgIpc) is 2.03. The van der Waals surface area contributed by atoms with Crippen molar-refractivity contribution in [2.24, 2.45) is 10.9 Å². The zero-order valence-corrected chi connectivity index (χ0v) is 7.65. The van der Waals surface area contributed by atoms with E-state index >= 15 is 0 Å². The van der Waals surface area contributed by atoms with Gasteiger partial charge in [-0.3, -0.25) is 4.99 Å². The molecule has 1 aliphatic rings. The normalized spacial score (nSPS) is 18.6. The van der Waals surface area contributed by atoms with Crippen LogP contribution in [0, 0.1) is 5.92 Å². The van der Waals surface area contributed by atoms with E-state index in [9.17, 15) is 13.2 Å². The number of aliphatic imine (C=N–C) groups is 1. The molecule has 0 radical (unpaired) electrons. The molecular weight excluding hydrogens is 179 g/mol. The van der Waals surface area contributed by atoms with Crippen LogP contribution in [0.3, 0.4) is 0 Å². The molecule has 0 aromatic rings. The first-order valence-corrected chi connectivity index (χ1v) is 4.24. The molecule has 0 saturated carbocycles. The van der Waals surface area contributed by atoms with E-state index < -0.39 is 11.7 Å². The van der Waals surface area contributed by atoms with Gasteiger partial charge in [-0.05, 0) is 18.8 Å². The highest BCUT2D eigenvalue weighted by atomic mass is 19.4. The van der Waals surface area contributed by atoms with Gasteiger partial charge >= 0.3 is 6.18 Å². The minimum absolute atomic E-state index is 0.0700. The van der Waals surface area contributed by atoms with Crippen LogP contribution >= 0.6 is 0 Å². The van der Waals surface area contributed by atoms with Crippen molar-refractivity contribution in [3.05, 3.63) is 11.8 Å². The lowest BCUT2D eigenvalue weighted by atomic mass is 9.98. The summed E-state index contributed by atoms with van der Waals surface area (Å²) in [5, 5.41) is 0. The molecule has 0 amide bonds. The molecular formula is C9H12F3N. The van der Waals surface area contributed by atoms with E-state index in [2.05, 4.69) is 4.99 Å². The topological polar surface area (TPSA) is 12.4 Å². The van der Waals surface area contributed by atoms with Gasteiger partial charge < -0.3 is 0 Å². The van der Waals surface area contributed by atoms with Gasteiger partial charge in [0.1, 0.15) is 0 Å². The predicted octanol–water partition coefficient (Wildman–Crippen LogP) is 3.32. The minimum Gasteiger partial charge on any atom is -0.265 e. The third-order valence-corrected chi connectivity index (χ3v) is 2.07. The zero-order valence-electron chi connectivity index (χ0n) is 7.65. The van der Waals surface area contributed by atoms with Crippen molar-refractivity contribution < 1.29 is 13.2 Å². The quantitative estimate of drug-likeness (QED) is 0.602. The minimum atomic E-state index is -4.20. The van der Waals surface area contributed by atoms with Gasteiger partial charge in [0.25, 0.3) is 0 Å². The van der Waals surface area contributed by atoms with Gasteiger partial charge in [-0.2, -0.15) is 13.2 Å². The third-order valence-electron chi connectivity index (χ3n) is 2.07. The molecule has 0 aromatic carbocycles. The second-order valence-corrected chi connectivity index (χ2v) is 3.43. The highest BCUT2D eigenvalue weighted by Crippen LogP contribution is 2.31. The lowest BCUT2D eigenvalue weighted by molar-refractivity contribution is -0.0941. The predicted molar refractivity (Wildman–Crippen MR) is 45.6 cm³/mol. The lowest BCUT2D eigenvalue weighted by Gasteiger charge is -2.17. The summed E-state index contributed by atoms with van der Waals surface area (Å²) in [6, 6.07) is 0. The van der Waals surface area contributed by atoms with Crippen LogP contribution in [0.1, 0.15) is 26.7 Å². The number of rotatable bonds is 1. The summed E-state index contributed by atoms with van der Waals surface area (Å²) < 4.78 is 36.4. The fraction of sp³-hybridized carbons (Fsp3) is 0.667. The third kappa shape index (κ3) is 2.57. The molecule has 1 rings (SSSR count). The van der Waals surface area contributed by atoms with Gasteiger partial charge in [0.2, 0.25) is 0 Å². The van der Waals surface area contributed by atoms with Crippen LogP contribution in [0.4, 0.5) is 13.2 Å². The average molecular weight is 191 g/mol. The Hall–Kier alpha value is -0.800. The molecule has 1 nitrogen and oxygen atoms in total. The molecule has 0 N–H and O–H groups in total. The van der Waals surface area contributed by atoms with Gasteiger partial charge in [-0.15, -0.1) is 0 Å². The maximum Gasteiger partial charge on any atom is 0.414 e. The van der Waals surface area contributed by atoms with E-state index in [1.54, 1.807) is 0 Å². The molecule has 0 unspecified atom stereocenters. The van der Waals surface area contributed by atoms with E-state index in [1.807, 2.05) is 13.8 Å². The van der Waals surface area contributed by atoms with E-state index in [-0.39, 0.29) is 12.3 Å². The first-order chi connectivity index (χ1) is 5.91. The molecule has 0 spiro atoms. The molecule has 0 bridgehead atoms. The smallest absolute Gasteiger partial charge is 0.265 e. The van der Waals surface area contributed by atoms with Crippen LogP contribution < -0.4 is 0 Å². The van der Waals surface area contributed by atoms with E-state index in [4.69, 9.17) is 0 Å².